The molecule has 1 aliphatic heterocycles. The Balaban J connectivity index is 1.29. The van der Waals surface area contributed by atoms with Crippen LogP contribution in [-0.4, -0.2) is 47.0 Å². The van der Waals surface area contributed by atoms with Gasteiger partial charge < -0.3 is 14.2 Å². The quantitative estimate of drug-likeness (QED) is 0.517. The molecule has 3 aromatic rings. The molecule has 184 valence electrons. The van der Waals surface area contributed by atoms with Gasteiger partial charge in [-0.05, 0) is 71.0 Å². The van der Waals surface area contributed by atoms with E-state index in [1.165, 1.54) is 35.1 Å². The SMILES string of the molecule is Cc1cc2c(cc1Cc1ccc(C(=O)N3CCN(c4ncccn4)CC3)o1)C(C)(C)CCC2(C)C. The standard InChI is InChI=1S/C29H36N4O2/c1-20-17-23-24(29(4,5)10-9-28(23,2)3)19-21(20)18-22-7-8-25(35-22)26(34)32-13-15-33(16-14-32)27-30-11-6-12-31-27/h6-8,11-12,17,19H,9-10,13-16,18H2,1-5H3. The fourth-order valence-electron chi connectivity index (χ4n) is 5.45. The van der Waals surface area contributed by atoms with E-state index in [1.54, 1.807) is 12.4 Å². The predicted octanol–water partition coefficient (Wildman–Crippen LogP) is 5.28. The van der Waals surface area contributed by atoms with Crippen molar-refractivity contribution in [2.45, 2.75) is 64.7 Å². The fraction of sp³-hybridized carbons (Fsp3) is 0.483. The summed E-state index contributed by atoms with van der Waals surface area (Å²) in [6, 6.07) is 10.4. The van der Waals surface area contributed by atoms with Crippen LogP contribution in [0.2, 0.25) is 0 Å². The normalized spacial score (nSPS) is 18.9. The number of rotatable bonds is 4. The van der Waals surface area contributed by atoms with Crippen molar-refractivity contribution in [3.8, 4) is 0 Å². The van der Waals surface area contributed by atoms with Gasteiger partial charge in [0.1, 0.15) is 5.76 Å². The number of aryl methyl sites for hydroxylation is 1. The average molecular weight is 473 g/mol. The van der Waals surface area contributed by atoms with Crippen molar-refractivity contribution in [2.75, 3.05) is 31.1 Å². The van der Waals surface area contributed by atoms with Gasteiger partial charge in [0.05, 0.1) is 0 Å². The molecule has 0 unspecified atom stereocenters. The van der Waals surface area contributed by atoms with E-state index < -0.39 is 0 Å². The molecule has 1 fully saturated rings. The maximum atomic E-state index is 13.1. The number of carbonyl (C=O) groups is 1. The van der Waals surface area contributed by atoms with Crippen LogP contribution in [0.25, 0.3) is 0 Å². The Hall–Kier alpha value is -3.15. The highest BCUT2D eigenvalue weighted by Crippen LogP contribution is 2.46. The molecule has 0 saturated carbocycles. The van der Waals surface area contributed by atoms with Crippen LogP contribution in [0.3, 0.4) is 0 Å². The molecular formula is C29H36N4O2. The van der Waals surface area contributed by atoms with Crippen LogP contribution in [0.5, 0.6) is 0 Å². The Morgan fingerprint density at radius 1 is 0.943 bits per heavy atom. The van der Waals surface area contributed by atoms with Gasteiger partial charge in [0.25, 0.3) is 5.91 Å². The van der Waals surface area contributed by atoms with Crippen molar-refractivity contribution in [3.63, 3.8) is 0 Å². The molecule has 0 spiro atoms. The second-order valence-corrected chi connectivity index (χ2v) is 11.4. The van der Waals surface area contributed by atoms with Crippen LogP contribution >= 0.6 is 0 Å². The summed E-state index contributed by atoms with van der Waals surface area (Å²) in [5.74, 6) is 1.92. The first-order valence-electron chi connectivity index (χ1n) is 12.7. The molecule has 3 heterocycles. The molecular weight excluding hydrogens is 436 g/mol. The molecule has 1 saturated heterocycles. The number of hydrogen-bond donors (Lipinski definition) is 0. The number of anilines is 1. The summed E-state index contributed by atoms with van der Waals surface area (Å²) in [6.45, 7) is 14.3. The third-order valence-electron chi connectivity index (χ3n) is 7.95. The van der Waals surface area contributed by atoms with Crippen LogP contribution in [0.4, 0.5) is 5.95 Å². The molecule has 1 aromatic carbocycles. The molecule has 0 atom stereocenters. The van der Waals surface area contributed by atoms with Crippen LogP contribution < -0.4 is 4.90 Å². The first kappa shape index (κ1) is 23.6. The largest absolute Gasteiger partial charge is 0.456 e. The molecule has 6 nitrogen and oxygen atoms in total. The van der Waals surface area contributed by atoms with Gasteiger partial charge in [-0.3, -0.25) is 4.79 Å². The predicted molar refractivity (Wildman–Crippen MR) is 138 cm³/mol. The number of amides is 1. The van der Waals surface area contributed by atoms with Gasteiger partial charge in [0.15, 0.2) is 5.76 Å². The number of carbonyl (C=O) groups excluding carboxylic acids is 1. The van der Waals surface area contributed by atoms with Gasteiger partial charge in [0, 0.05) is 45.0 Å². The third kappa shape index (κ3) is 4.58. The van der Waals surface area contributed by atoms with Crippen LogP contribution in [0, 0.1) is 6.92 Å². The van der Waals surface area contributed by atoms with Crippen molar-refractivity contribution >= 4 is 11.9 Å². The van der Waals surface area contributed by atoms with E-state index in [0.717, 1.165) is 5.76 Å². The number of hydrogen-bond acceptors (Lipinski definition) is 5. The first-order chi connectivity index (χ1) is 16.6. The molecule has 1 aliphatic carbocycles. The number of benzene rings is 1. The number of fused-ring (bicyclic) bond motifs is 1. The van der Waals surface area contributed by atoms with E-state index in [1.807, 2.05) is 23.1 Å². The topological polar surface area (TPSA) is 62.5 Å². The summed E-state index contributed by atoms with van der Waals surface area (Å²) in [5, 5.41) is 0. The van der Waals surface area contributed by atoms with Gasteiger partial charge in [-0.1, -0.05) is 39.8 Å². The van der Waals surface area contributed by atoms with Crippen molar-refractivity contribution in [2.24, 2.45) is 0 Å². The maximum Gasteiger partial charge on any atom is 0.289 e. The van der Waals surface area contributed by atoms with Gasteiger partial charge in [0.2, 0.25) is 5.95 Å². The Bertz CT molecular complexity index is 1220. The van der Waals surface area contributed by atoms with Gasteiger partial charge >= 0.3 is 0 Å². The summed E-state index contributed by atoms with van der Waals surface area (Å²) < 4.78 is 6.08. The minimum atomic E-state index is -0.0464. The van der Waals surface area contributed by atoms with E-state index >= 15 is 0 Å². The second kappa shape index (κ2) is 8.81. The summed E-state index contributed by atoms with van der Waals surface area (Å²) >= 11 is 0. The maximum absolute atomic E-state index is 13.1. The van der Waals surface area contributed by atoms with Crippen molar-refractivity contribution in [1.29, 1.82) is 0 Å². The Morgan fingerprint density at radius 2 is 1.57 bits per heavy atom. The molecule has 35 heavy (non-hydrogen) atoms. The second-order valence-electron chi connectivity index (χ2n) is 11.4. The third-order valence-corrected chi connectivity index (χ3v) is 7.95. The highest BCUT2D eigenvalue weighted by atomic mass is 16.4. The highest BCUT2D eigenvalue weighted by molar-refractivity contribution is 5.91. The van der Waals surface area contributed by atoms with Crippen LogP contribution in [-0.2, 0) is 17.3 Å². The number of piperazine rings is 1. The molecule has 5 rings (SSSR count). The van der Waals surface area contributed by atoms with Crippen LogP contribution in [0.15, 0.2) is 47.1 Å². The molecule has 2 aromatic heterocycles. The van der Waals surface area contributed by atoms with Gasteiger partial charge in [-0.25, -0.2) is 9.97 Å². The lowest BCUT2D eigenvalue weighted by atomic mass is 9.62. The van der Waals surface area contributed by atoms with Gasteiger partial charge in [-0.2, -0.15) is 0 Å². The van der Waals surface area contributed by atoms with E-state index in [-0.39, 0.29) is 16.7 Å². The zero-order valence-corrected chi connectivity index (χ0v) is 21.6. The fourth-order valence-corrected chi connectivity index (χ4v) is 5.45. The number of aromatic nitrogens is 2. The molecule has 0 bridgehead atoms. The molecule has 0 radical (unpaired) electrons. The van der Waals surface area contributed by atoms with E-state index in [9.17, 15) is 4.79 Å². The highest BCUT2D eigenvalue weighted by Gasteiger charge is 2.37. The lowest BCUT2D eigenvalue weighted by Crippen LogP contribution is -2.49. The molecule has 2 aliphatic rings. The summed E-state index contributed by atoms with van der Waals surface area (Å²) in [7, 11) is 0. The Labute approximate surface area is 208 Å². The number of nitrogens with zero attached hydrogens (tertiary/aromatic N) is 4. The molecule has 1 amide bonds. The average Bonchev–Trinajstić information content (AvgIpc) is 3.32. The van der Waals surface area contributed by atoms with Crippen molar-refractivity contribution in [3.05, 3.63) is 76.5 Å². The van der Waals surface area contributed by atoms with Crippen molar-refractivity contribution < 1.29 is 9.21 Å². The Kier molecular flexibility index (Phi) is 5.94. The summed E-state index contributed by atoms with van der Waals surface area (Å²) in [4.78, 5) is 25.7. The lowest BCUT2D eigenvalue weighted by molar-refractivity contribution is 0.0712. The van der Waals surface area contributed by atoms with Gasteiger partial charge in [-0.15, -0.1) is 0 Å². The Morgan fingerprint density at radius 3 is 2.23 bits per heavy atom. The molecule has 0 N–H and O–H groups in total. The van der Waals surface area contributed by atoms with E-state index in [0.29, 0.717) is 44.3 Å². The summed E-state index contributed by atoms with van der Waals surface area (Å²) in [5.41, 5.74) is 5.87. The molecule has 6 heteroatoms. The first-order valence-corrected chi connectivity index (χ1v) is 12.7. The number of furan rings is 1. The summed E-state index contributed by atoms with van der Waals surface area (Å²) in [6.07, 6.45) is 6.59. The zero-order chi connectivity index (χ0) is 24.8. The monoisotopic (exact) mass is 472 g/mol. The minimum absolute atomic E-state index is 0.0464. The van der Waals surface area contributed by atoms with E-state index in [2.05, 4.69) is 61.6 Å². The zero-order valence-electron chi connectivity index (χ0n) is 21.6. The smallest absolute Gasteiger partial charge is 0.289 e. The minimum Gasteiger partial charge on any atom is -0.456 e. The lowest BCUT2D eigenvalue weighted by Gasteiger charge is -2.42. The van der Waals surface area contributed by atoms with Crippen molar-refractivity contribution in [1.82, 2.24) is 14.9 Å². The van der Waals surface area contributed by atoms with Crippen LogP contribution in [0.1, 0.15) is 79.1 Å². The van der Waals surface area contributed by atoms with E-state index in [4.69, 9.17) is 4.42 Å².